The van der Waals surface area contributed by atoms with Crippen molar-refractivity contribution >= 4 is 17.2 Å². The molecule has 0 radical (unpaired) electrons. The van der Waals surface area contributed by atoms with Gasteiger partial charge in [0, 0.05) is 30.1 Å². The van der Waals surface area contributed by atoms with Crippen LogP contribution >= 0.6 is 11.3 Å². The molecule has 5 nitrogen and oxygen atoms in total. The van der Waals surface area contributed by atoms with Crippen LogP contribution in [0, 0.1) is 0 Å². The van der Waals surface area contributed by atoms with E-state index in [2.05, 4.69) is 15.6 Å². The van der Waals surface area contributed by atoms with Gasteiger partial charge in [-0.3, -0.25) is 4.79 Å². The van der Waals surface area contributed by atoms with E-state index in [0.717, 1.165) is 29.2 Å². The zero-order chi connectivity index (χ0) is 16.1. The number of aromatic nitrogens is 1. The zero-order valence-electron chi connectivity index (χ0n) is 13.2. The molecular formula is C17H21N3O2S. The van der Waals surface area contributed by atoms with Gasteiger partial charge in [-0.2, -0.15) is 0 Å². The van der Waals surface area contributed by atoms with Crippen molar-refractivity contribution in [2.75, 3.05) is 6.61 Å². The van der Waals surface area contributed by atoms with Gasteiger partial charge in [-0.1, -0.05) is 18.2 Å². The fraction of sp³-hybridized carbons (Fsp3) is 0.412. The van der Waals surface area contributed by atoms with Gasteiger partial charge in [0.25, 0.3) is 5.91 Å². The summed E-state index contributed by atoms with van der Waals surface area (Å²) in [4.78, 5) is 16.3. The number of hydrogen-bond acceptors (Lipinski definition) is 5. The molecule has 0 spiro atoms. The molecule has 1 fully saturated rings. The molecule has 1 aliphatic rings. The van der Waals surface area contributed by atoms with Crippen molar-refractivity contribution in [3.8, 4) is 5.75 Å². The number of rotatable bonds is 8. The van der Waals surface area contributed by atoms with Crippen molar-refractivity contribution in [1.29, 1.82) is 0 Å². The number of thiazole rings is 1. The van der Waals surface area contributed by atoms with Crippen LogP contribution in [0.3, 0.4) is 0 Å². The molecule has 1 aliphatic carbocycles. The molecule has 0 unspecified atom stereocenters. The summed E-state index contributed by atoms with van der Waals surface area (Å²) in [5.41, 5.74) is 1.64. The summed E-state index contributed by atoms with van der Waals surface area (Å²) < 4.78 is 5.61. The first kappa shape index (κ1) is 16.0. The van der Waals surface area contributed by atoms with Gasteiger partial charge in [-0.05, 0) is 25.8 Å². The normalized spacial score (nSPS) is 13.8. The predicted molar refractivity (Wildman–Crippen MR) is 90.8 cm³/mol. The molecule has 122 valence electrons. The second-order valence-electron chi connectivity index (χ2n) is 5.52. The monoisotopic (exact) mass is 331 g/mol. The maximum atomic E-state index is 11.9. The van der Waals surface area contributed by atoms with Crippen LogP contribution in [0.5, 0.6) is 5.75 Å². The van der Waals surface area contributed by atoms with E-state index in [1.165, 1.54) is 11.3 Å². The smallest absolute Gasteiger partial charge is 0.270 e. The number of nitrogens with one attached hydrogen (secondary N) is 2. The largest absolute Gasteiger partial charge is 0.494 e. The van der Waals surface area contributed by atoms with Crippen LogP contribution in [0.25, 0.3) is 0 Å². The van der Waals surface area contributed by atoms with Gasteiger partial charge >= 0.3 is 0 Å². The molecule has 1 heterocycles. The Bertz CT molecular complexity index is 667. The molecule has 2 N–H and O–H groups in total. The summed E-state index contributed by atoms with van der Waals surface area (Å²) >= 11 is 1.51. The van der Waals surface area contributed by atoms with Crippen LogP contribution in [-0.2, 0) is 13.1 Å². The Balaban J connectivity index is 1.51. The second kappa shape index (κ2) is 7.57. The fourth-order valence-corrected chi connectivity index (χ4v) is 2.98. The fourth-order valence-electron chi connectivity index (χ4n) is 2.23. The Hall–Kier alpha value is -1.92. The number of para-hydroxylation sites is 1. The van der Waals surface area contributed by atoms with Crippen molar-refractivity contribution in [3.63, 3.8) is 0 Å². The van der Waals surface area contributed by atoms with Gasteiger partial charge < -0.3 is 15.4 Å². The first-order valence-corrected chi connectivity index (χ1v) is 8.81. The highest BCUT2D eigenvalue weighted by Gasteiger charge is 2.24. The van der Waals surface area contributed by atoms with E-state index >= 15 is 0 Å². The van der Waals surface area contributed by atoms with E-state index in [-0.39, 0.29) is 5.91 Å². The molecule has 0 bridgehead atoms. The minimum atomic E-state index is -0.0586. The molecule has 0 atom stereocenters. The first-order chi connectivity index (χ1) is 11.3. The molecule has 23 heavy (non-hydrogen) atoms. The van der Waals surface area contributed by atoms with E-state index in [1.54, 1.807) is 0 Å². The van der Waals surface area contributed by atoms with E-state index in [9.17, 15) is 4.79 Å². The van der Waals surface area contributed by atoms with Crippen molar-refractivity contribution in [3.05, 3.63) is 45.9 Å². The van der Waals surface area contributed by atoms with Gasteiger partial charge in [-0.25, -0.2) is 4.98 Å². The summed E-state index contributed by atoms with van der Waals surface area (Å²) in [6, 6.07) is 8.36. The Kier molecular flexibility index (Phi) is 5.25. The third kappa shape index (κ3) is 4.53. The molecule has 6 heteroatoms. The minimum Gasteiger partial charge on any atom is -0.494 e. The number of amides is 1. The Morgan fingerprint density at radius 1 is 1.35 bits per heavy atom. The third-order valence-corrected chi connectivity index (χ3v) is 4.41. The molecule has 0 aliphatic heterocycles. The van der Waals surface area contributed by atoms with Crippen LogP contribution in [0.4, 0.5) is 0 Å². The zero-order valence-corrected chi connectivity index (χ0v) is 14.0. The summed E-state index contributed by atoms with van der Waals surface area (Å²) in [5.74, 6) is 0.850. The highest BCUT2D eigenvalue weighted by atomic mass is 32.1. The van der Waals surface area contributed by atoms with Crippen molar-refractivity contribution in [2.24, 2.45) is 0 Å². The Labute approximate surface area is 140 Å². The molecule has 0 saturated heterocycles. The predicted octanol–water partition coefficient (Wildman–Crippen LogP) is 2.72. The molecule has 1 saturated carbocycles. The Morgan fingerprint density at radius 3 is 2.96 bits per heavy atom. The number of benzene rings is 1. The maximum absolute atomic E-state index is 11.9. The second-order valence-corrected chi connectivity index (χ2v) is 6.46. The van der Waals surface area contributed by atoms with Crippen molar-refractivity contribution < 1.29 is 9.53 Å². The van der Waals surface area contributed by atoms with Gasteiger partial charge in [0.15, 0.2) is 0 Å². The van der Waals surface area contributed by atoms with Crippen LogP contribution in [0.1, 0.15) is 40.8 Å². The lowest BCUT2D eigenvalue weighted by Gasteiger charge is -2.10. The van der Waals surface area contributed by atoms with Gasteiger partial charge in [0.1, 0.15) is 16.5 Å². The van der Waals surface area contributed by atoms with Gasteiger partial charge in [0.05, 0.1) is 6.61 Å². The topological polar surface area (TPSA) is 63.2 Å². The standard InChI is InChI=1S/C17H21N3O2S/c1-2-22-15-6-4-3-5-12(15)9-18-10-16-20-14(11-23-16)17(21)19-13-7-8-13/h3-6,11,13,18H,2,7-10H2,1H3,(H,19,21). The average Bonchev–Trinajstić information content (AvgIpc) is 3.24. The number of ether oxygens (including phenoxy) is 1. The summed E-state index contributed by atoms with van der Waals surface area (Å²) in [5, 5.41) is 9.05. The Morgan fingerprint density at radius 2 is 2.17 bits per heavy atom. The molecule has 1 aromatic heterocycles. The third-order valence-electron chi connectivity index (χ3n) is 3.56. The minimum absolute atomic E-state index is 0.0586. The number of nitrogens with zero attached hydrogens (tertiary/aromatic N) is 1. The van der Waals surface area contributed by atoms with Crippen LogP contribution in [0.15, 0.2) is 29.6 Å². The van der Waals surface area contributed by atoms with E-state index in [1.807, 2.05) is 36.6 Å². The maximum Gasteiger partial charge on any atom is 0.270 e. The SMILES string of the molecule is CCOc1ccccc1CNCc1nc(C(=O)NC2CC2)cs1. The summed E-state index contributed by atoms with van der Waals surface area (Å²) in [7, 11) is 0. The summed E-state index contributed by atoms with van der Waals surface area (Å²) in [6.45, 7) is 3.98. The van der Waals surface area contributed by atoms with Crippen molar-refractivity contribution in [2.45, 2.75) is 38.9 Å². The van der Waals surface area contributed by atoms with Gasteiger partial charge in [0.2, 0.25) is 0 Å². The van der Waals surface area contributed by atoms with Crippen LogP contribution in [0.2, 0.25) is 0 Å². The molecular weight excluding hydrogens is 310 g/mol. The quantitative estimate of drug-likeness (QED) is 0.781. The number of hydrogen-bond donors (Lipinski definition) is 2. The van der Waals surface area contributed by atoms with Crippen molar-refractivity contribution in [1.82, 2.24) is 15.6 Å². The molecule has 3 rings (SSSR count). The highest BCUT2D eigenvalue weighted by Crippen LogP contribution is 2.20. The lowest BCUT2D eigenvalue weighted by Crippen LogP contribution is -2.25. The molecule has 2 aromatic rings. The highest BCUT2D eigenvalue weighted by molar-refractivity contribution is 7.09. The molecule has 1 aromatic carbocycles. The van der Waals surface area contributed by atoms with Crippen LogP contribution < -0.4 is 15.4 Å². The lowest BCUT2D eigenvalue weighted by molar-refractivity contribution is 0.0946. The summed E-state index contributed by atoms with van der Waals surface area (Å²) in [6.07, 6.45) is 2.17. The number of carbonyl (C=O) groups is 1. The van der Waals surface area contributed by atoms with E-state index < -0.39 is 0 Å². The van der Waals surface area contributed by atoms with Gasteiger partial charge in [-0.15, -0.1) is 11.3 Å². The average molecular weight is 331 g/mol. The van der Waals surface area contributed by atoms with Crippen LogP contribution in [-0.4, -0.2) is 23.5 Å². The lowest BCUT2D eigenvalue weighted by atomic mass is 10.2. The first-order valence-electron chi connectivity index (χ1n) is 7.93. The van der Waals surface area contributed by atoms with E-state index in [0.29, 0.717) is 31.4 Å². The molecule has 1 amide bonds. The van der Waals surface area contributed by atoms with E-state index in [4.69, 9.17) is 4.74 Å². The number of carbonyl (C=O) groups excluding carboxylic acids is 1.